The second kappa shape index (κ2) is 7.02. The van der Waals surface area contributed by atoms with Crippen molar-refractivity contribution in [2.45, 2.75) is 25.3 Å². The number of carboxylic acid groups (broad SMARTS) is 1. The van der Waals surface area contributed by atoms with Gasteiger partial charge >= 0.3 is 5.97 Å². The molecule has 0 fully saturated rings. The van der Waals surface area contributed by atoms with Crippen LogP contribution in [0.15, 0.2) is 41.3 Å². The Labute approximate surface area is 141 Å². The summed E-state index contributed by atoms with van der Waals surface area (Å²) in [5.41, 5.74) is 2.43. The predicted octanol–water partition coefficient (Wildman–Crippen LogP) is 2.49. The molecule has 0 radical (unpaired) electrons. The van der Waals surface area contributed by atoms with Crippen LogP contribution < -0.4 is 9.46 Å². The summed E-state index contributed by atoms with van der Waals surface area (Å²) in [5.74, 6) is -0.791. The third-order valence-electron chi connectivity index (χ3n) is 3.71. The van der Waals surface area contributed by atoms with Crippen LogP contribution in [0.25, 0.3) is 0 Å². The first-order valence-electron chi connectivity index (χ1n) is 7.21. The molecule has 6 nitrogen and oxygen atoms in total. The second-order valence-electron chi connectivity index (χ2n) is 5.42. The van der Waals surface area contributed by atoms with Crippen LogP contribution in [0.4, 0.5) is 0 Å². The highest BCUT2D eigenvalue weighted by molar-refractivity contribution is 7.89. The Kier molecular flexibility index (Phi) is 5.26. The van der Waals surface area contributed by atoms with Gasteiger partial charge in [0.15, 0.2) is 0 Å². The highest BCUT2D eigenvalue weighted by Crippen LogP contribution is 2.27. The van der Waals surface area contributed by atoms with E-state index in [1.165, 1.54) is 19.2 Å². The normalized spacial score (nSPS) is 11.3. The first kappa shape index (κ1) is 18.0. The van der Waals surface area contributed by atoms with Gasteiger partial charge in [-0.1, -0.05) is 12.1 Å². The van der Waals surface area contributed by atoms with E-state index in [0.29, 0.717) is 5.56 Å². The van der Waals surface area contributed by atoms with Crippen molar-refractivity contribution in [1.29, 1.82) is 0 Å². The summed E-state index contributed by atoms with van der Waals surface area (Å²) in [4.78, 5) is 11.0. The van der Waals surface area contributed by atoms with Crippen LogP contribution in [0, 0.1) is 13.8 Å². The summed E-state index contributed by atoms with van der Waals surface area (Å²) in [6.07, 6.45) is 0. The highest BCUT2D eigenvalue weighted by Gasteiger charge is 2.20. The minimum absolute atomic E-state index is 0.0144. The van der Waals surface area contributed by atoms with Crippen molar-refractivity contribution in [2.75, 3.05) is 7.11 Å². The number of benzene rings is 2. The Morgan fingerprint density at radius 2 is 1.83 bits per heavy atom. The molecule has 0 saturated heterocycles. The molecular weight excluding hydrogens is 330 g/mol. The zero-order valence-corrected chi connectivity index (χ0v) is 14.5. The number of ether oxygens (including phenoxy) is 1. The number of sulfonamides is 1. The van der Waals surface area contributed by atoms with Crippen LogP contribution in [0.5, 0.6) is 5.75 Å². The molecule has 128 valence electrons. The molecule has 0 aliphatic carbocycles. The molecule has 24 heavy (non-hydrogen) atoms. The highest BCUT2D eigenvalue weighted by atomic mass is 32.2. The minimum atomic E-state index is -3.80. The number of hydrogen-bond donors (Lipinski definition) is 2. The Hall–Kier alpha value is -2.38. The molecule has 2 N–H and O–H groups in total. The number of aryl methyl sites for hydroxylation is 2. The number of hydrogen-bond acceptors (Lipinski definition) is 4. The lowest BCUT2D eigenvalue weighted by Gasteiger charge is -2.13. The number of carboxylic acids is 1. The van der Waals surface area contributed by atoms with Gasteiger partial charge in [0.05, 0.1) is 12.7 Å². The zero-order valence-electron chi connectivity index (χ0n) is 13.7. The molecule has 0 amide bonds. The molecule has 0 atom stereocenters. The number of nitrogens with one attached hydrogen (secondary N) is 1. The second-order valence-corrected chi connectivity index (χ2v) is 7.15. The monoisotopic (exact) mass is 349 g/mol. The van der Waals surface area contributed by atoms with Crippen LogP contribution in [0.2, 0.25) is 0 Å². The Balaban J connectivity index is 2.28. The third kappa shape index (κ3) is 3.93. The summed E-state index contributed by atoms with van der Waals surface area (Å²) in [5, 5.41) is 8.98. The maximum Gasteiger partial charge on any atom is 0.335 e. The lowest BCUT2D eigenvalue weighted by Crippen LogP contribution is -2.24. The zero-order chi connectivity index (χ0) is 17.9. The van der Waals surface area contributed by atoms with Crippen molar-refractivity contribution >= 4 is 16.0 Å². The summed E-state index contributed by atoms with van der Waals surface area (Å²) < 4.78 is 32.8. The lowest BCUT2D eigenvalue weighted by atomic mass is 10.1. The Bertz CT molecular complexity index is 875. The summed E-state index contributed by atoms with van der Waals surface area (Å²) in [7, 11) is -2.38. The van der Waals surface area contributed by atoms with E-state index in [2.05, 4.69) is 4.72 Å². The van der Waals surface area contributed by atoms with Gasteiger partial charge < -0.3 is 9.84 Å². The maximum atomic E-state index is 12.6. The molecule has 0 heterocycles. The van der Waals surface area contributed by atoms with Crippen LogP contribution in [0.3, 0.4) is 0 Å². The van der Waals surface area contributed by atoms with E-state index in [1.54, 1.807) is 24.3 Å². The molecule has 2 rings (SSSR count). The minimum Gasteiger partial charge on any atom is -0.495 e. The number of carbonyl (C=O) groups is 1. The SMILES string of the molecule is COc1cc(C)c(C)cc1S(=O)(=O)NCc1cccc(C(=O)O)c1. The average Bonchev–Trinajstić information content (AvgIpc) is 2.55. The molecule has 0 bridgehead atoms. The van der Waals surface area contributed by atoms with Crippen molar-refractivity contribution in [1.82, 2.24) is 4.72 Å². The van der Waals surface area contributed by atoms with Gasteiger partial charge in [-0.05, 0) is 54.8 Å². The maximum absolute atomic E-state index is 12.6. The molecule has 0 spiro atoms. The molecule has 0 saturated carbocycles. The Morgan fingerprint density at radius 1 is 1.17 bits per heavy atom. The summed E-state index contributed by atoms with van der Waals surface area (Å²) >= 11 is 0. The first-order valence-corrected chi connectivity index (χ1v) is 8.70. The van der Waals surface area contributed by atoms with Crippen LogP contribution in [0.1, 0.15) is 27.0 Å². The van der Waals surface area contributed by atoms with E-state index in [0.717, 1.165) is 11.1 Å². The number of rotatable bonds is 6. The van der Waals surface area contributed by atoms with E-state index in [1.807, 2.05) is 13.8 Å². The van der Waals surface area contributed by atoms with Gasteiger partial charge in [0.25, 0.3) is 0 Å². The smallest absolute Gasteiger partial charge is 0.335 e. The molecule has 7 heteroatoms. The molecule has 0 aliphatic rings. The molecule has 2 aromatic rings. The lowest BCUT2D eigenvalue weighted by molar-refractivity contribution is 0.0696. The van der Waals surface area contributed by atoms with Crippen molar-refractivity contribution in [3.8, 4) is 5.75 Å². The fourth-order valence-corrected chi connectivity index (χ4v) is 3.45. The standard InChI is InChI=1S/C17H19NO5S/c1-11-7-15(23-3)16(8-12(11)2)24(21,22)18-10-13-5-4-6-14(9-13)17(19)20/h4-9,18H,10H2,1-3H3,(H,19,20). The van der Waals surface area contributed by atoms with Gasteiger partial charge in [0.1, 0.15) is 10.6 Å². The van der Waals surface area contributed by atoms with Crippen molar-refractivity contribution in [3.63, 3.8) is 0 Å². The van der Waals surface area contributed by atoms with Gasteiger partial charge in [0, 0.05) is 6.54 Å². The van der Waals surface area contributed by atoms with E-state index >= 15 is 0 Å². The number of methoxy groups -OCH3 is 1. The Morgan fingerprint density at radius 3 is 2.46 bits per heavy atom. The molecule has 0 aromatic heterocycles. The van der Waals surface area contributed by atoms with Crippen molar-refractivity contribution in [3.05, 3.63) is 58.7 Å². The van der Waals surface area contributed by atoms with E-state index < -0.39 is 16.0 Å². The van der Waals surface area contributed by atoms with Crippen LogP contribution in [-0.2, 0) is 16.6 Å². The fourth-order valence-electron chi connectivity index (χ4n) is 2.20. The summed E-state index contributed by atoms with van der Waals surface area (Å²) in [6, 6.07) is 9.35. The molecule has 0 unspecified atom stereocenters. The van der Waals surface area contributed by atoms with E-state index in [4.69, 9.17) is 9.84 Å². The average molecular weight is 349 g/mol. The molecule has 0 aliphatic heterocycles. The van der Waals surface area contributed by atoms with Crippen molar-refractivity contribution < 1.29 is 23.1 Å². The van der Waals surface area contributed by atoms with Gasteiger partial charge in [-0.15, -0.1) is 0 Å². The van der Waals surface area contributed by atoms with Gasteiger partial charge in [-0.3, -0.25) is 0 Å². The summed E-state index contributed by atoms with van der Waals surface area (Å²) in [6.45, 7) is 3.68. The van der Waals surface area contributed by atoms with E-state index in [9.17, 15) is 13.2 Å². The van der Waals surface area contributed by atoms with Gasteiger partial charge in [0.2, 0.25) is 10.0 Å². The van der Waals surface area contributed by atoms with Crippen molar-refractivity contribution in [2.24, 2.45) is 0 Å². The topological polar surface area (TPSA) is 92.7 Å². The quantitative estimate of drug-likeness (QED) is 0.836. The van der Waals surface area contributed by atoms with E-state index in [-0.39, 0.29) is 22.8 Å². The third-order valence-corrected chi connectivity index (χ3v) is 5.13. The van der Waals surface area contributed by atoms with Crippen LogP contribution >= 0.6 is 0 Å². The largest absolute Gasteiger partial charge is 0.495 e. The predicted molar refractivity (Wildman–Crippen MR) is 89.9 cm³/mol. The van der Waals surface area contributed by atoms with Crippen LogP contribution in [-0.4, -0.2) is 26.6 Å². The fraction of sp³-hybridized carbons (Fsp3) is 0.235. The van der Waals surface area contributed by atoms with Gasteiger partial charge in [-0.25, -0.2) is 17.9 Å². The first-order chi connectivity index (χ1) is 11.2. The molecular formula is C17H19NO5S. The molecule has 2 aromatic carbocycles. The number of aromatic carboxylic acids is 1. The van der Waals surface area contributed by atoms with Gasteiger partial charge in [-0.2, -0.15) is 0 Å².